The maximum absolute atomic E-state index is 13.9. The summed E-state index contributed by atoms with van der Waals surface area (Å²) in [4.78, 5) is 11.3. The molecule has 2 aromatic heterocycles. The van der Waals surface area contributed by atoms with Crippen molar-refractivity contribution in [3.05, 3.63) is 121 Å². The highest BCUT2D eigenvalue weighted by Gasteiger charge is 2.32. The first kappa shape index (κ1) is 31.1. The Morgan fingerprint density at radius 1 is 0.975 bits per heavy atom. The number of imidazole rings is 1. The van der Waals surface area contributed by atoms with Gasteiger partial charge in [0.15, 0.2) is 5.95 Å². The van der Waals surface area contributed by atoms with Crippen molar-refractivity contribution in [2.75, 3.05) is 5.73 Å². The first-order valence-corrected chi connectivity index (χ1v) is 13.4. The van der Waals surface area contributed by atoms with E-state index >= 15 is 0 Å². The summed E-state index contributed by atoms with van der Waals surface area (Å²) < 4.78 is 55.1. The number of nitrogens with two attached hydrogens (primary N) is 1. The molecule has 0 fully saturated rings. The SMILES string of the molecule is C#C.Fc1cc(C(Cc2ccccc2)c2ccc(Cl)cn2)cc(C(F)(F)F)c1.Nc1nc2c(Br)cc(Br)cc2[nH]1. The number of hydrogen-bond acceptors (Lipinski definition) is 3. The molecule has 5 aromatic rings. The molecule has 2 heterocycles. The number of pyridine rings is 1. The van der Waals surface area contributed by atoms with Gasteiger partial charge in [0.2, 0.25) is 0 Å². The third kappa shape index (κ3) is 8.31. The van der Waals surface area contributed by atoms with Crippen LogP contribution >= 0.6 is 43.5 Å². The largest absolute Gasteiger partial charge is 0.416 e. The highest BCUT2D eigenvalue weighted by Crippen LogP contribution is 2.35. The van der Waals surface area contributed by atoms with Crippen molar-refractivity contribution in [1.82, 2.24) is 15.0 Å². The van der Waals surface area contributed by atoms with Gasteiger partial charge in [0.25, 0.3) is 0 Å². The van der Waals surface area contributed by atoms with Crippen molar-refractivity contribution in [3.8, 4) is 12.8 Å². The Kier molecular flexibility index (Phi) is 10.7. The van der Waals surface area contributed by atoms with Crippen molar-refractivity contribution in [1.29, 1.82) is 0 Å². The van der Waals surface area contributed by atoms with Crippen LogP contribution in [-0.2, 0) is 12.6 Å². The minimum absolute atomic E-state index is 0.219. The number of alkyl halides is 3. The van der Waals surface area contributed by atoms with Crippen molar-refractivity contribution in [2.24, 2.45) is 0 Å². The van der Waals surface area contributed by atoms with E-state index in [4.69, 9.17) is 17.3 Å². The molecule has 4 nitrogen and oxygen atoms in total. The van der Waals surface area contributed by atoms with E-state index in [9.17, 15) is 17.6 Å². The van der Waals surface area contributed by atoms with Crippen molar-refractivity contribution < 1.29 is 17.6 Å². The van der Waals surface area contributed by atoms with Crippen LogP contribution in [0.1, 0.15) is 28.3 Å². The van der Waals surface area contributed by atoms with Crippen LogP contribution in [0.4, 0.5) is 23.5 Å². The van der Waals surface area contributed by atoms with Gasteiger partial charge in [0.05, 0.1) is 16.1 Å². The molecule has 0 saturated carbocycles. The number of benzene rings is 3. The summed E-state index contributed by atoms with van der Waals surface area (Å²) >= 11 is 12.6. The number of anilines is 1. The molecular weight excluding hydrogens is 676 g/mol. The molecule has 0 radical (unpaired) electrons. The van der Waals surface area contributed by atoms with Crippen molar-refractivity contribution in [3.63, 3.8) is 0 Å². The van der Waals surface area contributed by atoms with Crippen molar-refractivity contribution >= 4 is 60.4 Å². The van der Waals surface area contributed by atoms with E-state index in [1.165, 1.54) is 6.20 Å². The summed E-state index contributed by atoms with van der Waals surface area (Å²) in [5.41, 5.74) is 7.93. The lowest BCUT2D eigenvalue weighted by atomic mass is 9.88. The maximum atomic E-state index is 13.9. The standard InChI is InChI=1S/C20H14ClF4N.C7H5Br2N3.C2H2/c21-16-6-7-19(26-12-16)18(8-13-4-2-1-3-5-13)14-9-15(20(23,24)25)11-17(22)10-14;8-3-1-4(9)6-5(2-3)11-7(10)12-6;1-2/h1-7,9-12,18H,8H2;1-2H,(H3,10,11,12);1-2H. The number of aromatic amines is 1. The summed E-state index contributed by atoms with van der Waals surface area (Å²) in [5.74, 6) is -1.03. The molecule has 3 N–H and O–H groups in total. The number of H-pyrrole nitrogens is 1. The van der Waals surface area contributed by atoms with Gasteiger partial charge in [-0.05, 0) is 75.9 Å². The average Bonchev–Trinajstić information content (AvgIpc) is 3.29. The fourth-order valence-corrected chi connectivity index (χ4v) is 5.30. The normalized spacial score (nSPS) is 11.6. The Hall–Kier alpha value is -3.39. The number of fused-ring (bicyclic) bond motifs is 1. The molecule has 0 aliphatic rings. The molecule has 3 aromatic carbocycles. The molecule has 206 valence electrons. The second kappa shape index (κ2) is 13.8. The summed E-state index contributed by atoms with van der Waals surface area (Å²) in [6.45, 7) is 0. The highest BCUT2D eigenvalue weighted by molar-refractivity contribution is 9.11. The van der Waals surface area contributed by atoms with Gasteiger partial charge < -0.3 is 10.7 Å². The zero-order valence-electron chi connectivity index (χ0n) is 20.6. The third-order valence-corrected chi connectivity index (χ3v) is 6.85. The first-order chi connectivity index (χ1) is 19.0. The van der Waals surface area contributed by atoms with Crippen molar-refractivity contribution in [2.45, 2.75) is 18.5 Å². The van der Waals surface area contributed by atoms with E-state index in [1.54, 1.807) is 12.1 Å². The van der Waals surface area contributed by atoms with Gasteiger partial charge in [-0.1, -0.05) is 57.9 Å². The van der Waals surface area contributed by atoms with Crippen LogP contribution in [0, 0.1) is 18.7 Å². The Labute approximate surface area is 250 Å². The minimum atomic E-state index is -4.62. The molecular formula is C29H21Br2ClF4N4. The summed E-state index contributed by atoms with van der Waals surface area (Å²) in [5, 5.41) is 0.419. The quantitative estimate of drug-likeness (QED) is 0.146. The van der Waals surface area contributed by atoms with Gasteiger partial charge in [0.1, 0.15) is 11.3 Å². The van der Waals surface area contributed by atoms with Crippen LogP contribution in [0.5, 0.6) is 0 Å². The highest BCUT2D eigenvalue weighted by atomic mass is 79.9. The summed E-state index contributed by atoms with van der Waals surface area (Å²) in [6.07, 6.45) is 5.19. The van der Waals surface area contributed by atoms with Crippen LogP contribution in [0.3, 0.4) is 0 Å². The smallest absolute Gasteiger partial charge is 0.369 e. The number of terminal acetylenes is 1. The number of rotatable bonds is 4. The molecule has 11 heteroatoms. The molecule has 0 bridgehead atoms. The van der Waals surface area contributed by atoms with Crippen LogP contribution in [0.25, 0.3) is 11.0 Å². The van der Waals surface area contributed by atoms with E-state index in [-0.39, 0.29) is 5.56 Å². The number of hydrogen-bond donors (Lipinski definition) is 2. The van der Waals surface area contributed by atoms with Crippen LogP contribution in [-0.4, -0.2) is 15.0 Å². The Bertz CT molecular complexity index is 1590. The number of nitrogens with one attached hydrogen (secondary N) is 1. The summed E-state index contributed by atoms with van der Waals surface area (Å²) in [6, 6.07) is 19.0. The Morgan fingerprint density at radius 3 is 2.30 bits per heavy atom. The van der Waals surface area contributed by atoms with E-state index in [0.717, 1.165) is 37.7 Å². The van der Waals surface area contributed by atoms with E-state index in [0.29, 0.717) is 29.2 Å². The van der Waals surface area contributed by atoms with Crippen LogP contribution in [0.2, 0.25) is 5.02 Å². The molecule has 0 saturated heterocycles. The third-order valence-electron chi connectivity index (χ3n) is 5.56. The van der Waals surface area contributed by atoms with E-state index in [2.05, 4.69) is 59.7 Å². The fraction of sp³-hybridized carbons (Fsp3) is 0.103. The lowest BCUT2D eigenvalue weighted by Crippen LogP contribution is -2.11. The Morgan fingerprint density at radius 2 is 1.68 bits per heavy atom. The molecule has 0 amide bonds. The minimum Gasteiger partial charge on any atom is -0.369 e. The molecule has 0 aliphatic carbocycles. The molecule has 40 heavy (non-hydrogen) atoms. The molecule has 1 unspecified atom stereocenters. The first-order valence-electron chi connectivity index (χ1n) is 11.5. The average molecular weight is 697 g/mol. The van der Waals surface area contributed by atoms with Gasteiger partial charge in [0, 0.05) is 26.8 Å². The van der Waals surface area contributed by atoms with Crippen LogP contribution in [0.15, 0.2) is 87.9 Å². The predicted octanol–water partition coefficient (Wildman–Crippen LogP) is 9.19. The zero-order valence-corrected chi connectivity index (χ0v) is 24.5. The van der Waals surface area contributed by atoms with Gasteiger partial charge in [-0.3, -0.25) is 4.98 Å². The van der Waals surface area contributed by atoms with Gasteiger partial charge in [-0.25, -0.2) is 9.37 Å². The van der Waals surface area contributed by atoms with Gasteiger partial charge >= 0.3 is 6.18 Å². The number of nitrogen functional groups attached to an aromatic ring is 1. The topological polar surface area (TPSA) is 67.6 Å². The van der Waals surface area contributed by atoms with Crippen LogP contribution < -0.4 is 5.73 Å². The maximum Gasteiger partial charge on any atom is 0.416 e. The molecule has 0 aliphatic heterocycles. The second-order valence-corrected chi connectivity index (χ2v) is 10.5. The molecule has 5 rings (SSSR count). The fourth-order valence-electron chi connectivity index (χ4n) is 3.87. The summed E-state index contributed by atoms with van der Waals surface area (Å²) in [7, 11) is 0. The Balaban J connectivity index is 0.000000262. The lowest BCUT2D eigenvalue weighted by molar-refractivity contribution is -0.137. The van der Waals surface area contributed by atoms with E-state index < -0.39 is 23.5 Å². The second-order valence-electron chi connectivity index (χ2n) is 8.32. The van der Waals surface area contributed by atoms with E-state index in [1.807, 2.05) is 42.5 Å². The van der Waals surface area contributed by atoms with Gasteiger partial charge in [-0.2, -0.15) is 13.2 Å². The number of aromatic nitrogens is 3. The zero-order chi connectivity index (χ0) is 29.4. The lowest BCUT2D eigenvalue weighted by Gasteiger charge is -2.19. The number of nitrogens with zero attached hydrogens (tertiary/aromatic N) is 2. The monoisotopic (exact) mass is 694 g/mol. The molecule has 1 atom stereocenters. The predicted molar refractivity (Wildman–Crippen MR) is 158 cm³/mol. The molecule has 0 spiro atoms. The number of halogens is 7. The van der Waals surface area contributed by atoms with Gasteiger partial charge in [-0.15, -0.1) is 12.8 Å².